The lowest BCUT2D eigenvalue weighted by molar-refractivity contribution is 0.167. The molecule has 0 bridgehead atoms. The van der Waals surface area contributed by atoms with E-state index < -0.39 is 11.8 Å². The summed E-state index contributed by atoms with van der Waals surface area (Å²) < 4.78 is 14.2. The zero-order valence-electron chi connectivity index (χ0n) is 18.5. The van der Waals surface area contributed by atoms with Crippen LogP contribution in [0.2, 0.25) is 0 Å². The van der Waals surface area contributed by atoms with Crippen molar-refractivity contribution in [1.29, 1.82) is 5.26 Å². The molecular weight excluding hydrogens is 411 g/mol. The van der Waals surface area contributed by atoms with Crippen molar-refractivity contribution < 1.29 is 9.18 Å². The van der Waals surface area contributed by atoms with Gasteiger partial charge in [-0.25, -0.2) is 9.18 Å². The van der Waals surface area contributed by atoms with Crippen LogP contribution in [0.5, 0.6) is 0 Å². The van der Waals surface area contributed by atoms with Crippen LogP contribution in [0, 0.1) is 24.2 Å². The highest BCUT2D eigenvalue weighted by atomic mass is 19.1. The van der Waals surface area contributed by atoms with Crippen molar-refractivity contribution in [3.05, 3.63) is 53.6 Å². The summed E-state index contributed by atoms with van der Waals surface area (Å²) in [5, 5.41) is 14.3. The van der Waals surface area contributed by atoms with Crippen LogP contribution in [0.25, 0.3) is 0 Å². The largest absolute Gasteiger partial charge is 0.348 e. The molecule has 10 heteroatoms. The predicted molar refractivity (Wildman–Crippen MR) is 122 cm³/mol. The molecule has 1 aromatic heterocycles. The van der Waals surface area contributed by atoms with Crippen molar-refractivity contribution in [2.75, 3.05) is 50.9 Å². The van der Waals surface area contributed by atoms with Gasteiger partial charge in [0.1, 0.15) is 5.82 Å². The molecule has 9 nitrogen and oxygen atoms in total. The van der Waals surface area contributed by atoms with Gasteiger partial charge in [-0.2, -0.15) is 5.26 Å². The number of benzene rings is 1. The number of pyridine rings is 1. The number of hydrogen-bond donors (Lipinski definition) is 2. The molecule has 32 heavy (non-hydrogen) atoms. The van der Waals surface area contributed by atoms with Gasteiger partial charge in [-0.05, 0) is 42.8 Å². The molecule has 1 aromatic carbocycles. The van der Waals surface area contributed by atoms with Gasteiger partial charge < -0.3 is 20.4 Å². The molecule has 168 valence electrons. The van der Waals surface area contributed by atoms with E-state index in [9.17, 15) is 9.18 Å². The van der Waals surface area contributed by atoms with Crippen LogP contribution in [-0.4, -0.2) is 71.9 Å². The number of hydrogen-bond acceptors (Lipinski definition) is 5. The van der Waals surface area contributed by atoms with Crippen LogP contribution in [-0.2, 0) is 6.54 Å². The van der Waals surface area contributed by atoms with Crippen molar-refractivity contribution in [3.63, 3.8) is 0 Å². The maximum Gasteiger partial charge on any atom is 0.323 e. The fourth-order valence-electron chi connectivity index (χ4n) is 3.51. The second-order valence-electron chi connectivity index (χ2n) is 7.78. The molecule has 2 heterocycles. The number of nitriles is 1. The Morgan fingerprint density at radius 3 is 2.53 bits per heavy atom. The second kappa shape index (κ2) is 10.5. The summed E-state index contributed by atoms with van der Waals surface area (Å²) in [5.74, 6) is 0.226. The molecule has 1 aliphatic heterocycles. The molecule has 0 atom stereocenters. The Labute approximate surface area is 187 Å². The topological polar surface area (TPSA) is 99.9 Å². The Morgan fingerprint density at radius 1 is 1.19 bits per heavy atom. The Bertz CT molecular complexity index is 1010. The van der Waals surface area contributed by atoms with E-state index in [0.29, 0.717) is 37.0 Å². The number of carbonyl (C=O) groups excluding carboxylic acids is 1. The van der Waals surface area contributed by atoms with Crippen molar-refractivity contribution in [3.8, 4) is 6.19 Å². The molecule has 0 radical (unpaired) electrons. The molecule has 1 saturated heterocycles. The van der Waals surface area contributed by atoms with Crippen molar-refractivity contribution in [2.24, 2.45) is 4.99 Å². The summed E-state index contributed by atoms with van der Waals surface area (Å²) >= 11 is 0. The maximum atomic E-state index is 14.2. The van der Waals surface area contributed by atoms with Crippen LogP contribution in [0.15, 0.2) is 41.5 Å². The molecule has 1 fully saturated rings. The number of aromatic nitrogens is 1. The number of anilines is 2. The molecule has 3 rings (SSSR count). The number of piperazine rings is 1. The molecular formula is C22H27FN8O. The standard InChI is InChI=1S/C22H27FN8O/c1-16-4-5-19(13-25-16)27-21(32)28-20-11-17(10-18(23)12-20)14-30-6-8-31(9-7-30)22(26-15-24)29(2)3/h4-5,10-13H,6-9,14H2,1-3H3,(H2,27,28,32)/b26-22+. The Morgan fingerprint density at radius 2 is 1.91 bits per heavy atom. The summed E-state index contributed by atoms with van der Waals surface area (Å²) in [4.78, 5) is 26.4. The molecule has 2 amide bonds. The zero-order valence-corrected chi connectivity index (χ0v) is 18.5. The van der Waals surface area contributed by atoms with E-state index >= 15 is 0 Å². The predicted octanol–water partition coefficient (Wildman–Crippen LogP) is 2.69. The van der Waals surface area contributed by atoms with Gasteiger partial charge in [-0.15, -0.1) is 4.99 Å². The number of aryl methyl sites for hydroxylation is 1. The minimum atomic E-state index is -0.464. The van der Waals surface area contributed by atoms with Crippen molar-refractivity contribution in [2.45, 2.75) is 13.5 Å². The van der Waals surface area contributed by atoms with Gasteiger partial charge in [-0.3, -0.25) is 9.88 Å². The summed E-state index contributed by atoms with van der Waals surface area (Å²) in [5.41, 5.74) is 2.55. The van der Waals surface area contributed by atoms with Crippen molar-refractivity contribution in [1.82, 2.24) is 19.7 Å². The monoisotopic (exact) mass is 438 g/mol. The van der Waals surface area contributed by atoms with E-state index in [1.54, 1.807) is 24.4 Å². The minimum absolute atomic E-state index is 0.382. The van der Waals surface area contributed by atoms with E-state index in [0.717, 1.165) is 24.3 Å². The van der Waals surface area contributed by atoms with E-state index in [1.165, 1.54) is 12.1 Å². The number of rotatable bonds is 4. The van der Waals surface area contributed by atoms with Gasteiger partial charge in [0.15, 0.2) is 0 Å². The highest BCUT2D eigenvalue weighted by Gasteiger charge is 2.21. The number of carbonyl (C=O) groups is 1. The number of guanidine groups is 1. The van der Waals surface area contributed by atoms with E-state index in [-0.39, 0.29) is 0 Å². The molecule has 0 unspecified atom stereocenters. The maximum absolute atomic E-state index is 14.2. The lowest BCUT2D eigenvalue weighted by atomic mass is 10.1. The third-order valence-corrected chi connectivity index (χ3v) is 5.00. The zero-order chi connectivity index (χ0) is 23.1. The normalized spacial score (nSPS) is 14.6. The number of nitrogens with one attached hydrogen (secondary N) is 2. The van der Waals surface area contributed by atoms with Gasteiger partial charge in [0.2, 0.25) is 12.2 Å². The molecule has 0 aliphatic carbocycles. The first-order chi connectivity index (χ1) is 15.3. The van der Waals surface area contributed by atoms with Crippen LogP contribution < -0.4 is 10.6 Å². The smallest absolute Gasteiger partial charge is 0.323 e. The molecule has 2 N–H and O–H groups in total. The number of nitrogens with zero attached hydrogens (tertiary/aromatic N) is 6. The van der Waals surface area contributed by atoms with Gasteiger partial charge in [0.05, 0.1) is 11.9 Å². The van der Waals surface area contributed by atoms with E-state index in [4.69, 9.17) is 5.26 Å². The second-order valence-corrected chi connectivity index (χ2v) is 7.78. The molecule has 2 aromatic rings. The lowest BCUT2D eigenvalue weighted by Gasteiger charge is -2.37. The Kier molecular flexibility index (Phi) is 7.57. The van der Waals surface area contributed by atoms with E-state index in [2.05, 4.69) is 30.4 Å². The highest BCUT2D eigenvalue weighted by Crippen LogP contribution is 2.18. The van der Waals surface area contributed by atoms with Crippen molar-refractivity contribution >= 4 is 23.4 Å². The average Bonchev–Trinajstić information content (AvgIpc) is 2.74. The molecule has 0 saturated carbocycles. The van der Waals surface area contributed by atoms with Gasteiger partial charge >= 0.3 is 6.03 Å². The third kappa shape index (κ3) is 6.39. The number of halogens is 1. The van der Waals surface area contributed by atoms with E-state index in [1.807, 2.05) is 32.1 Å². The van der Waals surface area contributed by atoms with Crippen LogP contribution in [0.3, 0.4) is 0 Å². The van der Waals surface area contributed by atoms with Crippen LogP contribution in [0.1, 0.15) is 11.3 Å². The molecule has 0 spiro atoms. The lowest BCUT2D eigenvalue weighted by Crippen LogP contribution is -2.51. The summed E-state index contributed by atoms with van der Waals surface area (Å²) in [6, 6.07) is 7.61. The number of aliphatic imine (C=N–C) groups is 1. The average molecular weight is 439 g/mol. The van der Waals surface area contributed by atoms with Crippen LogP contribution in [0.4, 0.5) is 20.6 Å². The number of amides is 2. The summed E-state index contributed by atoms with van der Waals surface area (Å²) in [6.07, 6.45) is 3.41. The van der Waals surface area contributed by atoms with Gasteiger partial charge in [-0.1, -0.05) is 0 Å². The fraction of sp³-hybridized carbons (Fsp3) is 0.364. The summed E-state index contributed by atoms with van der Waals surface area (Å²) in [6.45, 7) is 5.34. The first kappa shape index (κ1) is 23.0. The quantitative estimate of drug-likeness (QED) is 0.433. The first-order valence-corrected chi connectivity index (χ1v) is 10.3. The SMILES string of the molecule is Cc1ccc(NC(=O)Nc2cc(F)cc(CN3CCN(/C(=N/C#N)N(C)C)CC3)c2)cn1. The number of urea groups is 1. The summed E-state index contributed by atoms with van der Waals surface area (Å²) in [7, 11) is 3.71. The third-order valence-electron chi connectivity index (χ3n) is 5.00. The van der Waals surface area contributed by atoms with Crippen LogP contribution >= 0.6 is 0 Å². The van der Waals surface area contributed by atoms with Gasteiger partial charge in [0, 0.05) is 58.2 Å². The first-order valence-electron chi connectivity index (χ1n) is 10.3. The Balaban J connectivity index is 1.58. The Hall–Kier alpha value is -3.71. The minimum Gasteiger partial charge on any atom is -0.348 e. The fourth-order valence-corrected chi connectivity index (χ4v) is 3.51. The van der Waals surface area contributed by atoms with Gasteiger partial charge in [0.25, 0.3) is 0 Å². The highest BCUT2D eigenvalue weighted by molar-refractivity contribution is 5.99. The molecule has 1 aliphatic rings.